The predicted molar refractivity (Wildman–Crippen MR) is 105 cm³/mol. The molecule has 0 unspecified atom stereocenters. The van der Waals surface area contributed by atoms with Crippen LogP contribution in [0.5, 0.6) is 0 Å². The van der Waals surface area contributed by atoms with Gasteiger partial charge in [0, 0.05) is 6.54 Å². The van der Waals surface area contributed by atoms with Crippen molar-refractivity contribution in [1.29, 1.82) is 0 Å². The molecule has 15 nitrogen and oxygen atoms in total. The number of hydrogen-bond acceptors (Lipinski definition) is 12. The molecule has 32 heavy (non-hydrogen) atoms. The molecule has 0 aliphatic carbocycles. The first-order chi connectivity index (χ1) is 15.5. The van der Waals surface area contributed by atoms with E-state index in [1.807, 2.05) is 5.16 Å². The third kappa shape index (κ3) is 4.05. The first-order valence-corrected chi connectivity index (χ1v) is 9.39. The van der Waals surface area contributed by atoms with Gasteiger partial charge in [-0.1, -0.05) is 5.16 Å². The van der Waals surface area contributed by atoms with Crippen LogP contribution < -0.4 is 22.1 Å². The van der Waals surface area contributed by atoms with Crippen molar-refractivity contribution in [2.24, 2.45) is 4.99 Å². The molecule has 4 rings (SSSR count). The number of rotatable bonds is 7. The molecule has 0 bridgehead atoms. The van der Waals surface area contributed by atoms with Crippen LogP contribution in [0.25, 0.3) is 17.2 Å². The molecule has 166 valence electrons. The Morgan fingerprint density at radius 2 is 2.12 bits per heavy atom. The zero-order valence-corrected chi connectivity index (χ0v) is 17.2. The summed E-state index contributed by atoms with van der Waals surface area (Å²) in [6.45, 7) is 0.171. The first kappa shape index (κ1) is 21.1. The molecule has 0 saturated carbocycles. The molecule has 17 heteroatoms. The number of anilines is 1. The van der Waals surface area contributed by atoms with Gasteiger partial charge in [-0.2, -0.15) is 5.16 Å². The molecular formula is C15H11BrFN9O6. The van der Waals surface area contributed by atoms with E-state index >= 15 is 0 Å². The van der Waals surface area contributed by atoms with E-state index in [2.05, 4.69) is 51.5 Å². The summed E-state index contributed by atoms with van der Waals surface area (Å²) in [5.74, 6) is -1.52. The van der Waals surface area contributed by atoms with Crippen molar-refractivity contribution in [3.63, 3.8) is 0 Å². The molecular weight excluding hydrogens is 501 g/mol. The number of amidine groups is 1. The summed E-state index contributed by atoms with van der Waals surface area (Å²) < 4.78 is 28.6. The van der Waals surface area contributed by atoms with Crippen LogP contribution in [0.15, 0.2) is 51.0 Å². The summed E-state index contributed by atoms with van der Waals surface area (Å²) in [7, 11) is 0. The first-order valence-electron chi connectivity index (χ1n) is 8.60. The van der Waals surface area contributed by atoms with Crippen LogP contribution in [0, 0.1) is 5.82 Å². The average Bonchev–Trinajstić information content (AvgIpc) is 3.50. The lowest BCUT2D eigenvalue weighted by molar-refractivity contribution is 0.233. The second-order valence-corrected chi connectivity index (χ2v) is 6.75. The van der Waals surface area contributed by atoms with Gasteiger partial charge in [0.2, 0.25) is 17.3 Å². The molecule has 0 fully saturated rings. The minimum atomic E-state index is -0.839. The number of nitrogens with zero attached hydrogens (tertiary/aromatic N) is 6. The van der Waals surface area contributed by atoms with E-state index < -0.39 is 17.1 Å². The monoisotopic (exact) mass is 511 g/mol. The number of halogens is 2. The number of hydroxylamine groups is 1. The summed E-state index contributed by atoms with van der Waals surface area (Å²) >= 11 is 3.05. The maximum absolute atomic E-state index is 13.6. The number of H-pyrrole nitrogens is 1. The SMILES string of the molecule is O=c1[nH]onc1C(=NCCNc1nonc1-c1noc(=O)n1-c1ccc(F)c(Br)c1)NO. The number of aliphatic imine (C=N–C) groups is 1. The van der Waals surface area contributed by atoms with Crippen molar-refractivity contribution in [3.05, 3.63) is 55.1 Å². The van der Waals surface area contributed by atoms with Crippen LogP contribution in [-0.4, -0.2) is 54.5 Å². The van der Waals surface area contributed by atoms with Crippen LogP contribution in [-0.2, 0) is 0 Å². The van der Waals surface area contributed by atoms with Crippen molar-refractivity contribution >= 4 is 27.6 Å². The summed E-state index contributed by atoms with van der Waals surface area (Å²) in [6, 6.07) is 3.88. The lowest BCUT2D eigenvalue weighted by Gasteiger charge is -2.05. The number of benzene rings is 1. The van der Waals surface area contributed by atoms with Crippen molar-refractivity contribution in [3.8, 4) is 17.2 Å². The molecule has 4 N–H and O–H groups in total. The topological polar surface area (TPSA) is 202 Å². The Labute approximate surface area is 182 Å². The Morgan fingerprint density at radius 3 is 2.84 bits per heavy atom. The minimum absolute atomic E-state index is 0.0359. The lowest BCUT2D eigenvalue weighted by atomic mass is 10.3. The molecule has 3 heterocycles. The van der Waals surface area contributed by atoms with Gasteiger partial charge in [0.1, 0.15) is 5.82 Å². The Kier molecular flexibility index (Phi) is 5.90. The zero-order valence-electron chi connectivity index (χ0n) is 15.6. The normalized spacial score (nSPS) is 11.7. The standard InChI is InChI=1S/C15H11BrFN9O6/c16-7-5-6(1-2-8(7)17)26-13(24-30-15(26)28)9-12(23-31-21-9)19-4-3-18-11(20-29)10-14(27)25-32-22-10/h1-2,5,29H,3-4H2,(H,18,20)(H,19,23)(H,25,27). The van der Waals surface area contributed by atoms with Gasteiger partial charge in [0.15, 0.2) is 11.5 Å². The number of aromatic amines is 1. The average molecular weight is 512 g/mol. The fourth-order valence-electron chi connectivity index (χ4n) is 2.56. The van der Waals surface area contributed by atoms with Gasteiger partial charge in [-0.25, -0.2) is 18.4 Å². The largest absolute Gasteiger partial charge is 0.446 e. The Bertz CT molecular complexity index is 1390. The van der Waals surface area contributed by atoms with Crippen molar-refractivity contribution in [2.45, 2.75) is 0 Å². The molecule has 0 amide bonds. The van der Waals surface area contributed by atoms with E-state index in [9.17, 15) is 14.0 Å². The number of hydrogen-bond donors (Lipinski definition) is 4. The zero-order chi connectivity index (χ0) is 22.7. The van der Waals surface area contributed by atoms with Crippen LogP contribution in [0.2, 0.25) is 0 Å². The van der Waals surface area contributed by atoms with E-state index in [0.29, 0.717) is 0 Å². The van der Waals surface area contributed by atoms with E-state index in [4.69, 9.17) is 14.4 Å². The molecule has 0 spiro atoms. The van der Waals surface area contributed by atoms with Crippen molar-refractivity contribution in [2.75, 3.05) is 18.4 Å². The van der Waals surface area contributed by atoms with Gasteiger partial charge in [0.05, 0.1) is 16.7 Å². The molecule has 0 radical (unpaired) electrons. The van der Waals surface area contributed by atoms with E-state index in [0.717, 1.165) is 10.6 Å². The molecule has 1 aromatic carbocycles. The van der Waals surface area contributed by atoms with E-state index in [1.165, 1.54) is 12.1 Å². The fourth-order valence-corrected chi connectivity index (χ4v) is 2.93. The maximum Gasteiger partial charge on any atom is 0.446 e. The van der Waals surface area contributed by atoms with Gasteiger partial charge in [-0.15, -0.1) is 0 Å². The summed E-state index contributed by atoms with van der Waals surface area (Å²) in [6.07, 6.45) is 0. The molecule has 3 aromatic heterocycles. The second kappa shape index (κ2) is 8.94. The predicted octanol–water partition coefficient (Wildman–Crippen LogP) is 0.291. The van der Waals surface area contributed by atoms with Gasteiger partial charge in [0.25, 0.3) is 0 Å². The summed E-state index contributed by atoms with van der Waals surface area (Å²) in [5.41, 5.74) is 1.13. The Morgan fingerprint density at radius 1 is 1.28 bits per heavy atom. The quantitative estimate of drug-likeness (QED) is 0.114. The van der Waals surface area contributed by atoms with Crippen LogP contribution >= 0.6 is 15.9 Å². The van der Waals surface area contributed by atoms with E-state index in [-0.39, 0.29) is 52.1 Å². The molecule has 0 saturated heterocycles. The molecule has 0 aliphatic heterocycles. The van der Waals surface area contributed by atoms with Crippen LogP contribution in [0.3, 0.4) is 0 Å². The van der Waals surface area contributed by atoms with Gasteiger partial charge in [-0.05, 0) is 49.6 Å². The van der Waals surface area contributed by atoms with Gasteiger partial charge < -0.3 is 5.32 Å². The summed E-state index contributed by atoms with van der Waals surface area (Å²) in [5, 5.41) is 28.5. The van der Waals surface area contributed by atoms with E-state index in [1.54, 1.807) is 5.48 Å². The Balaban J connectivity index is 1.54. The summed E-state index contributed by atoms with van der Waals surface area (Å²) in [4.78, 5) is 27.6. The molecule has 4 aromatic rings. The maximum atomic E-state index is 13.6. The van der Waals surface area contributed by atoms with Crippen LogP contribution in [0.1, 0.15) is 5.69 Å². The number of nitrogens with one attached hydrogen (secondary N) is 3. The van der Waals surface area contributed by atoms with Crippen LogP contribution in [0.4, 0.5) is 10.2 Å². The van der Waals surface area contributed by atoms with Crippen molar-refractivity contribution in [1.82, 2.24) is 35.8 Å². The highest BCUT2D eigenvalue weighted by Crippen LogP contribution is 2.26. The Hall–Kier alpha value is -4.12. The number of aromatic nitrogens is 6. The third-order valence-corrected chi connectivity index (χ3v) is 4.57. The molecule has 0 aliphatic rings. The highest BCUT2D eigenvalue weighted by atomic mass is 79.9. The highest BCUT2D eigenvalue weighted by Gasteiger charge is 2.23. The second-order valence-electron chi connectivity index (χ2n) is 5.90. The highest BCUT2D eigenvalue weighted by molar-refractivity contribution is 9.10. The smallest absolute Gasteiger partial charge is 0.363 e. The molecule has 0 atom stereocenters. The fraction of sp³-hybridized carbons (Fsp3) is 0.133. The third-order valence-electron chi connectivity index (χ3n) is 3.96. The lowest BCUT2D eigenvalue weighted by Crippen LogP contribution is -2.27. The van der Waals surface area contributed by atoms with Crippen molar-refractivity contribution < 1.29 is 23.4 Å². The minimum Gasteiger partial charge on any atom is -0.363 e. The van der Waals surface area contributed by atoms with Gasteiger partial charge in [-0.3, -0.25) is 29.6 Å². The van der Waals surface area contributed by atoms with Gasteiger partial charge >= 0.3 is 11.3 Å².